The van der Waals surface area contributed by atoms with Crippen LogP contribution >= 0.6 is 0 Å². The number of fused-ring (bicyclic) bond motifs is 1. The van der Waals surface area contributed by atoms with E-state index >= 15 is 0 Å². The van der Waals surface area contributed by atoms with Crippen molar-refractivity contribution < 1.29 is 14.2 Å². The van der Waals surface area contributed by atoms with Gasteiger partial charge < -0.3 is 14.2 Å². The summed E-state index contributed by atoms with van der Waals surface area (Å²) in [5, 5.41) is 0. The molecule has 1 aliphatic rings. The lowest BCUT2D eigenvalue weighted by Gasteiger charge is -2.44. The summed E-state index contributed by atoms with van der Waals surface area (Å²) in [5.41, 5.74) is 4.46. The molecule has 0 saturated heterocycles. The van der Waals surface area contributed by atoms with Crippen LogP contribution in [0.4, 0.5) is 0 Å². The molecule has 3 heteroatoms. The summed E-state index contributed by atoms with van der Waals surface area (Å²) in [7, 11) is 5.25. The molecule has 2 atom stereocenters. The number of hydrogen-bond acceptors (Lipinski definition) is 3. The fourth-order valence-electron chi connectivity index (χ4n) is 4.56. The maximum absolute atomic E-state index is 5.46. The zero-order chi connectivity index (χ0) is 19.3. The van der Waals surface area contributed by atoms with Gasteiger partial charge in [0.25, 0.3) is 0 Å². The topological polar surface area (TPSA) is 27.7 Å². The van der Waals surface area contributed by atoms with E-state index in [-0.39, 0.29) is 5.41 Å². The molecule has 0 N–H and O–H groups in total. The first-order valence-corrected chi connectivity index (χ1v) is 9.92. The van der Waals surface area contributed by atoms with E-state index in [1.165, 1.54) is 29.5 Å². The second kappa shape index (κ2) is 8.79. The molecular formula is C24H32O3. The monoisotopic (exact) mass is 368 g/mol. The molecule has 3 nitrogen and oxygen atoms in total. The van der Waals surface area contributed by atoms with Crippen molar-refractivity contribution in [3.05, 3.63) is 59.2 Å². The van der Waals surface area contributed by atoms with Gasteiger partial charge in [-0.1, -0.05) is 31.5 Å². The van der Waals surface area contributed by atoms with E-state index in [0.717, 1.165) is 37.4 Å². The summed E-state index contributed by atoms with van der Waals surface area (Å²) in [6.45, 7) is 3.27. The van der Waals surface area contributed by atoms with Crippen molar-refractivity contribution in [2.75, 3.05) is 27.9 Å². The van der Waals surface area contributed by atoms with Crippen molar-refractivity contribution in [1.82, 2.24) is 0 Å². The van der Waals surface area contributed by atoms with Crippen LogP contribution in [0.15, 0.2) is 42.5 Å². The Labute approximate surface area is 163 Å². The van der Waals surface area contributed by atoms with E-state index in [2.05, 4.69) is 49.4 Å². The lowest BCUT2D eigenvalue weighted by molar-refractivity contribution is 0.188. The summed E-state index contributed by atoms with van der Waals surface area (Å²) < 4.78 is 16.1. The normalized spacial score (nSPS) is 21.6. The summed E-state index contributed by atoms with van der Waals surface area (Å²) >= 11 is 0. The van der Waals surface area contributed by atoms with Crippen molar-refractivity contribution in [2.24, 2.45) is 0 Å². The minimum absolute atomic E-state index is 0.126. The average Bonchev–Trinajstić information content (AvgIpc) is 2.72. The highest BCUT2D eigenvalue weighted by molar-refractivity contribution is 5.45. The van der Waals surface area contributed by atoms with Gasteiger partial charge in [-0.3, -0.25) is 0 Å². The van der Waals surface area contributed by atoms with E-state index in [1.807, 2.05) is 0 Å². The summed E-state index contributed by atoms with van der Waals surface area (Å²) in [6.07, 6.45) is 5.69. The third kappa shape index (κ3) is 4.14. The molecule has 0 amide bonds. The number of benzene rings is 2. The van der Waals surface area contributed by atoms with E-state index in [0.29, 0.717) is 5.92 Å². The zero-order valence-electron chi connectivity index (χ0n) is 17.1. The highest BCUT2D eigenvalue weighted by Crippen LogP contribution is 2.50. The number of ether oxygens (including phenoxy) is 3. The minimum atomic E-state index is 0.126. The third-order valence-corrected chi connectivity index (χ3v) is 6.25. The molecule has 0 bridgehead atoms. The Morgan fingerprint density at radius 2 is 1.63 bits per heavy atom. The predicted octanol–water partition coefficient (Wildman–Crippen LogP) is 5.51. The van der Waals surface area contributed by atoms with Crippen molar-refractivity contribution >= 4 is 0 Å². The van der Waals surface area contributed by atoms with Gasteiger partial charge in [0.2, 0.25) is 0 Å². The van der Waals surface area contributed by atoms with Crippen LogP contribution in [0.1, 0.15) is 55.2 Å². The Hall–Kier alpha value is -2.00. The Balaban J connectivity index is 1.94. The number of unbranched alkanes of at least 4 members (excludes halogenated alkanes) is 1. The standard InChI is InChI=1S/C24H32O3/c1-24(19-8-10-20(26-3)11-9-19)15-14-18-17-21(27-4)12-13-22(18)23(24)7-5-6-16-25-2/h8-13,17,23H,5-7,14-16H2,1-4H3. The number of hydrogen-bond donors (Lipinski definition) is 0. The lowest BCUT2D eigenvalue weighted by atomic mass is 9.60. The highest BCUT2D eigenvalue weighted by atomic mass is 16.5. The first kappa shape index (κ1) is 19.8. The van der Waals surface area contributed by atoms with E-state index in [1.54, 1.807) is 21.3 Å². The van der Waals surface area contributed by atoms with Gasteiger partial charge in [-0.2, -0.15) is 0 Å². The molecule has 0 heterocycles. The van der Waals surface area contributed by atoms with Gasteiger partial charge in [0, 0.05) is 13.7 Å². The van der Waals surface area contributed by atoms with Gasteiger partial charge >= 0.3 is 0 Å². The van der Waals surface area contributed by atoms with Crippen LogP contribution in [0.5, 0.6) is 11.5 Å². The highest BCUT2D eigenvalue weighted by Gasteiger charge is 2.40. The van der Waals surface area contributed by atoms with E-state index in [9.17, 15) is 0 Å². The van der Waals surface area contributed by atoms with Gasteiger partial charge in [-0.25, -0.2) is 0 Å². The second-order valence-corrected chi connectivity index (χ2v) is 7.75. The van der Waals surface area contributed by atoms with Crippen LogP contribution < -0.4 is 9.47 Å². The molecule has 0 saturated carbocycles. The molecule has 0 radical (unpaired) electrons. The van der Waals surface area contributed by atoms with Crippen LogP contribution in [0.3, 0.4) is 0 Å². The molecule has 0 spiro atoms. The van der Waals surface area contributed by atoms with Crippen molar-refractivity contribution in [3.8, 4) is 11.5 Å². The molecular weight excluding hydrogens is 336 g/mol. The Kier molecular flexibility index (Phi) is 6.43. The largest absolute Gasteiger partial charge is 0.497 e. The van der Waals surface area contributed by atoms with E-state index in [4.69, 9.17) is 14.2 Å². The van der Waals surface area contributed by atoms with E-state index < -0.39 is 0 Å². The Morgan fingerprint density at radius 1 is 0.926 bits per heavy atom. The smallest absolute Gasteiger partial charge is 0.119 e. The summed E-state index contributed by atoms with van der Waals surface area (Å²) in [5.74, 6) is 2.37. The predicted molar refractivity (Wildman–Crippen MR) is 110 cm³/mol. The summed E-state index contributed by atoms with van der Waals surface area (Å²) in [4.78, 5) is 0. The first-order chi connectivity index (χ1) is 13.1. The summed E-state index contributed by atoms with van der Waals surface area (Å²) in [6, 6.07) is 15.3. The van der Waals surface area contributed by atoms with Crippen molar-refractivity contribution in [2.45, 2.75) is 50.4 Å². The molecule has 1 aliphatic carbocycles. The zero-order valence-corrected chi connectivity index (χ0v) is 17.1. The Morgan fingerprint density at radius 3 is 2.30 bits per heavy atom. The molecule has 27 heavy (non-hydrogen) atoms. The molecule has 146 valence electrons. The fraction of sp³-hybridized carbons (Fsp3) is 0.500. The molecule has 2 unspecified atom stereocenters. The molecule has 0 aliphatic heterocycles. The molecule has 3 rings (SSSR count). The molecule has 0 fully saturated rings. The van der Waals surface area contributed by atoms with Crippen LogP contribution in [0.25, 0.3) is 0 Å². The maximum atomic E-state index is 5.46. The van der Waals surface area contributed by atoms with Crippen molar-refractivity contribution in [1.29, 1.82) is 0 Å². The van der Waals surface area contributed by atoms with Gasteiger partial charge in [0.15, 0.2) is 0 Å². The Bertz CT molecular complexity index is 738. The second-order valence-electron chi connectivity index (χ2n) is 7.75. The molecule has 2 aromatic rings. The third-order valence-electron chi connectivity index (χ3n) is 6.25. The average molecular weight is 369 g/mol. The van der Waals surface area contributed by atoms with Gasteiger partial charge in [-0.05, 0) is 78.0 Å². The lowest BCUT2D eigenvalue weighted by Crippen LogP contribution is -2.35. The van der Waals surface area contributed by atoms with Gasteiger partial charge in [0.05, 0.1) is 14.2 Å². The number of methoxy groups -OCH3 is 3. The number of aryl methyl sites for hydroxylation is 1. The minimum Gasteiger partial charge on any atom is -0.497 e. The van der Waals surface area contributed by atoms with Crippen LogP contribution in [0.2, 0.25) is 0 Å². The van der Waals surface area contributed by atoms with Crippen LogP contribution in [0, 0.1) is 0 Å². The van der Waals surface area contributed by atoms with Crippen molar-refractivity contribution in [3.63, 3.8) is 0 Å². The van der Waals surface area contributed by atoms with Crippen LogP contribution in [-0.2, 0) is 16.6 Å². The van der Waals surface area contributed by atoms with Gasteiger partial charge in [-0.15, -0.1) is 0 Å². The quantitative estimate of drug-likeness (QED) is 0.575. The maximum Gasteiger partial charge on any atom is 0.119 e. The SMILES string of the molecule is COCCCCC1c2ccc(OC)cc2CCC1(C)c1ccc(OC)cc1. The van der Waals surface area contributed by atoms with Gasteiger partial charge in [0.1, 0.15) is 11.5 Å². The first-order valence-electron chi connectivity index (χ1n) is 9.92. The molecule has 2 aromatic carbocycles. The number of rotatable bonds is 8. The fourth-order valence-corrected chi connectivity index (χ4v) is 4.56. The molecule has 0 aromatic heterocycles. The van der Waals surface area contributed by atoms with Crippen LogP contribution in [-0.4, -0.2) is 27.9 Å².